The fourth-order valence-corrected chi connectivity index (χ4v) is 11.4. The highest BCUT2D eigenvalue weighted by atomic mass is 14.9. The van der Waals surface area contributed by atoms with E-state index < -0.39 is 0 Å². The second-order valence-corrected chi connectivity index (χ2v) is 17.2. The van der Waals surface area contributed by atoms with Crippen molar-refractivity contribution in [1.29, 1.82) is 0 Å². The summed E-state index contributed by atoms with van der Waals surface area (Å²) in [5, 5.41) is 18.2. The normalized spacial score (nSPS) is 12.5. The zero-order chi connectivity index (χ0) is 40.2. The molecule has 4 aromatic heterocycles. The van der Waals surface area contributed by atoms with Crippen molar-refractivity contribution in [3.63, 3.8) is 0 Å². The largest absolute Gasteiger partial charge is 0.308 e. The summed E-state index contributed by atoms with van der Waals surface area (Å²) in [6.07, 6.45) is 0. The van der Waals surface area contributed by atoms with Crippen molar-refractivity contribution < 1.29 is 0 Å². The van der Waals surface area contributed by atoms with Gasteiger partial charge in [-0.25, -0.2) is 0 Å². The minimum atomic E-state index is 1.21. The van der Waals surface area contributed by atoms with Crippen LogP contribution in [0.15, 0.2) is 206 Å². The number of benzene rings is 11. The number of para-hydroxylation sites is 3. The first-order chi connectivity index (χ1) is 30.7. The van der Waals surface area contributed by atoms with E-state index >= 15 is 0 Å². The van der Waals surface area contributed by atoms with Crippen molar-refractivity contribution in [2.45, 2.75) is 0 Å². The Kier molecular flexibility index (Phi) is 6.18. The summed E-state index contributed by atoms with van der Waals surface area (Å²) < 4.78 is 4.95. The number of fused-ring (bicyclic) bond motifs is 18. The molecule has 15 rings (SSSR count). The molecule has 4 heterocycles. The lowest BCUT2D eigenvalue weighted by atomic mass is 9.91. The molecule has 0 aliphatic rings. The quantitative estimate of drug-likeness (QED) is 0.158. The van der Waals surface area contributed by atoms with Crippen LogP contribution in [0.2, 0.25) is 0 Å². The van der Waals surface area contributed by atoms with Crippen molar-refractivity contribution in [2.75, 3.05) is 0 Å². The van der Waals surface area contributed by atoms with E-state index in [0.717, 1.165) is 0 Å². The Morgan fingerprint density at radius 1 is 0.177 bits per heavy atom. The average molecular weight is 783 g/mol. The number of nitrogens with zero attached hydrogens (tertiary/aromatic N) is 2. The highest BCUT2D eigenvalue weighted by molar-refractivity contribution is 6.27. The predicted octanol–water partition coefficient (Wildman–Crippen LogP) is 16.4. The van der Waals surface area contributed by atoms with Gasteiger partial charge >= 0.3 is 0 Å². The Morgan fingerprint density at radius 3 is 1.13 bits per heavy atom. The van der Waals surface area contributed by atoms with E-state index in [4.69, 9.17) is 0 Å². The molecule has 0 bridgehead atoms. The first kappa shape index (κ1) is 32.6. The van der Waals surface area contributed by atoms with Gasteiger partial charge in [-0.05, 0) is 126 Å². The molecule has 0 N–H and O–H groups in total. The highest BCUT2D eigenvalue weighted by Gasteiger charge is 2.21. The first-order valence-corrected chi connectivity index (χ1v) is 21.6. The Labute approximate surface area is 355 Å². The van der Waals surface area contributed by atoms with Crippen molar-refractivity contribution in [2.24, 2.45) is 0 Å². The smallest absolute Gasteiger partial charge is 0.0620 e. The lowest BCUT2D eigenvalue weighted by Crippen LogP contribution is -1.86. The van der Waals surface area contributed by atoms with Crippen molar-refractivity contribution >= 4 is 109 Å². The maximum atomic E-state index is 2.49. The van der Waals surface area contributed by atoms with Gasteiger partial charge in [0.1, 0.15) is 0 Å². The maximum absolute atomic E-state index is 2.49. The number of aromatic nitrogens is 2. The Bertz CT molecular complexity index is 4350. The number of hydrogen-bond donors (Lipinski definition) is 0. The van der Waals surface area contributed by atoms with Crippen LogP contribution in [0.3, 0.4) is 0 Å². The first-order valence-electron chi connectivity index (χ1n) is 21.6. The molecule has 0 spiro atoms. The average Bonchev–Trinajstić information content (AvgIpc) is 4.07. The topological polar surface area (TPSA) is 8.82 Å². The molecule has 0 aliphatic carbocycles. The molecule has 0 saturated heterocycles. The van der Waals surface area contributed by atoms with Gasteiger partial charge in [0, 0.05) is 43.1 Å². The molecule has 0 fully saturated rings. The third kappa shape index (κ3) is 4.18. The molecule has 62 heavy (non-hydrogen) atoms. The molecule has 0 amide bonds. The molecular weight excluding hydrogens is 749 g/mol. The summed E-state index contributed by atoms with van der Waals surface area (Å²) in [7, 11) is 0. The molecule has 0 atom stereocenters. The van der Waals surface area contributed by atoms with E-state index in [1.807, 2.05) is 0 Å². The van der Waals surface area contributed by atoms with Crippen LogP contribution in [0.4, 0.5) is 0 Å². The Hall–Kier alpha value is -8.20. The lowest BCUT2D eigenvalue weighted by Gasteiger charge is -2.12. The van der Waals surface area contributed by atoms with Crippen LogP contribution in [0.25, 0.3) is 142 Å². The molecule has 11 aromatic carbocycles. The van der Waals surface area contributed by atoms with Crippen LogP contribution in [0.1, 0.15) is 0 Å². The standard InChI is InChI=1S/C60H34N2/c1-2-15-43-41(13-1)42-14-3-4-16-44(42)50-30-37(23-26-45(43)50)35-11-9-12-36(29-35)38-24-27-58-52(31-38)54-34-40(33-53-47-18-6-8-22-56(47)62(58)60(53)54)39-25-28-57-51(32-39)49-20-10-19-48-46-17-5-7-21-55(46)61(57)59(48)49/h1-34H. The fraction of sp³-hybridized carbons (Fsp3) is 0. The van der Waals surface area contributed by atoms with Crippen molar-refractivity contribution in [3.8, 4) is 33.4 Å². The van der Waals surface area contributed by atoms with Crippen molar-refractivity contribution in [3.05, 3.63) is 206 Å². The lowest BCUT2D eigenvalue weighted by molar-refractivity contribution is 1.37. The molecule has 0 saturated carbocycles. The van der Waals surface area contributed by atoms with E-state index in [2.05, 4.69) is 215 Å². The van der Waals surface area contributed by atoms with Gasteiger partial charge < -0.3 is 8.80 Å². The van der Waals surface area contributed by atoms with Gasteiger partial charge in [0.2, 0.25) is 0 Å². The van der Waals surface area contributed by atoms with Gasteiger partial charge in [0.15, 0.2) is 0 Å². The maximum Gasteiger partial charge on any atom is 0.0620 e. The second kappa shape index (κ2) is 11.8. The predicted molar refractivity (Wildman–Crippen MR) is 265 cm³/mol. The van der Waals surface area contributed by atoms with Gasteiger partial charge in [0.05, 0.1) is 33.1 Å². The van der Waals surface area contributed by atoms with E-state index in [9.17, 15) is 0 Å². The van der Waals surface area contributed by atoms with Gasteiger partial charge in [-0.3, -0.25) is 0 Å². The monoisotopic (exact) mass is 782 g/mol. The molecule has 2 heteroatoms. The Balaban J connectivity index is 0.915. The van der Waals surface area contributed by atoms with Crippen LogP contribution in [-0.2, 0) is 0 Å². The van der Waals surface area contributed by atoms with Gasteiger partial charge in [-0.2, -0.15) is 0 Å². The van der Waals surface area contributed by atoms with E-state index in [1.54, 1.807) is 0 Å². The zero-order valence-electron chi connectivity index (χ0n) is 33.5. The molecule has 0 radical (unpaired) electrons. The minimum Gasteiger partial charge on any atom is -0.308 e. The third-order valence-corrected chi connectivity index (χ3v) is 14.1. The van der Waals surface area contributed by atoms with E-state index in [-0.39, 0.29) is 0 Å². The summed E-state index contributed by atoms with van der Waals surface area (Å²) >= 11 is 0. The molecular formula is C60H34N2. The van der Waals surface area contributed by atoms with Crippen LogP contribution in [0.5, 0.6) is 0 Å². The fourth-order valence-electron chi connectivity index (χ4n) is 11.4. The van der Waals surface area contributed by atoms with Gasteiger partial charge in [-0.15, -0.1) is 0 Å². The Morgan fingerprint density at radius 2 is 0.516 bits per heavy atom. The summed E-state index contributed by atoms with van der Waals surface area (Å²) in [6.45, 7) is 0. The van der Waals surface area contributed by atoms with Crippen LogP contribution < -0.4 is 0 Å². The second-order valence-electron chi connectivity index (χ2n) is 17.2. The summed E-state index contributed by atoms with van der Waals surface area (Å²) in [5.41, 5.74) is 15.0. The summed E-state index contributed by atoms with van der Waals surface area (Å²) in [5.74, 6) is 0. The summed E-state index contributed by atoms with van der Waals surface area (Å²) in [6, 6.07) is 77.3. The van der Waals surface area contributed by atoms with E-state index in [1.165, 1.54) is 142 Å². The van der Waals surface area contributed by atoms with Gasteiger partial charge in [0.25, 0.3) is 0 Å². The van der Waals surface area contributed by atoms with E-state index in [0.29, 0.717) is 0 Å². The van der Waals surface area contributed by atoms with Gasteiger partial charge in [-0.1, -0.05) is 146 Å². The van der Waals surface area contributed by atoms with Crippen LogP contribution >= 0.6 is 0 Å². The molecule has 284 valence electrons. The van der Waals surface area contributed by atoms with Crippen LogP contribution in [0, 0.1) is 0 Å². The molecule has 15 aromatic rings. The van der Waals surface area contributed by atoms with Crippen LogP contribution in [-0.4, -0.2) is 8.80 Å². The molecule has 0 unspecified atom stereocenters. The third-order valence-electron chi connectivity index (χ3n) is 14.1. The summed E-state index contributed by atoms with van der Waals surface area (Å²) in [4.78, 5) is 0. The van der Waals surface area contributed by atoms with Crippen molar-refractivity contribution in [1.82, 2.24) is 8.80 Å². The highest BCUT2D eigenvalue weighted by Crippen LogP contribution is 2.45. The number of rotatable bonds is 3. The zero-order valence-corrected chi connectivity index (χ0v) is 33.5. The minimum absolute atomic E-state index is 1.21. The number of hydrogen-bond acceptors (Lipinski definition) is 0. The molecule has 0 aliphatic heterocycles. The SMILES string of the molecule is c1cc(-c2ccc3c4ccccc4c4ccccc4c3c2)cc(-c2ccc3c(c2)c2cc(-c4ccc5c(c4)c4cccc6c7ccccc7n5c64)cc4c5ccccc5n3c42)c1. The molecule has 2 nitrogen and oxygen atoms in total.